The van der Waals surface area contributed by atoms with E-state index < -0.39 is 6.43 Å². The molecule has 0 unspecified atom stereocenters. The van der Waals surface area contributed by atoms with Crippen molar-refractivity contribution < 1.29 is 18.3 Å². The summed E-state index contributed by atoms with van der Waals surface area (Å²) in [7, 11) is 0. The molecule has 2 aromatic carbocycles. The molecule has 0 aliphatic carbocycles. The second-order valence-corrected chi connectivity index (χ2v) is 6.78. The second kappa shape index (κ2) is 9.12. The molecule has 26 heavy (non-hydrogen) atoms. The number of benzene rings is 2. The number of carbonyl (C=O) groups excluding carboxylic acids is 1. The lowest BCUT2D eigenvalue weighted by atomic mass is 10.0. The number of amides is 1. The molecule has 0 atom stereocenters. The van der Waals surface area contributed by atoms with Crippen molar-refractivity contribution in [2.45, 2.75) is 46.6 Å². The van der Waals surface area contributed by atoms with Gasteiger partial charge in [0.1, 0.15) is 12.4 Å². The molecule has 2 aromatic rings. The molecule has 140 valence electrons. The van der Waals surface area contributed by atoms with Crippen molar-refractivity contribution in [1.82, 2.24) is 0 Å². The highest BCUT2D eigenvalue weighted by molar-refractivity contribution is 9.10. The van der Waals surface area contributed by atoms with E-state index in [9.17, 15) is 13.6 Å². The topological polar surface area (TPSA) is 38.3 Å². The van der Waals surface area contributed by atoms with E-state index in [1.54, 1.807) is 25.1 Å². The molecule has 0 aromatic heterocycles. The lowest BCUT2D eigenvalue weighted by Crippen LogP contribution is -2.12. The van der Waals surface area contributed by atoms with Crippen LogP contribution in [0.5, 0.6) is 5.75 Å². The van der Waals surface area contributed by atoms with Gasteiger partial charge in [-0.3, -0.25) is 4.79 Å². The first-order valence-electron chi connectivity index (χ1n) is 8.48. The van der Waals surface area contributed by atoms with E-state index in [4.69, 9.17) is 4.74 Å². The van der Waals surface area contributed by atoms with Crippen LogP contribution in [-0.2, 0) is 17.8 Å². The van der Waals surface area contributed by atoms with Crippen molar-refractivity contribution in [3.05, 3.63) is 57.1 Å². The Hall–Kier alpha value is -1.95. The fourth-order valence-electron chi connectivity index (χ4n) is 2.63. The summed E-state index contributed by atoms with van der Waals surface area (Å²) in [5.41, 5.74) is 2.99. The maximum Gasteiger partial charge on any atom is 0.267 e. The first-order chi connectivity index (χ1) is 12.4. The number of anilines is 1. The lowest BCUT2D eigenvalue weighted by molar-refractivity contribution is -0.115. The predicted molar refractivity (Wildman–Crippen MR) is 103 cm³/mol. The molecule has 3 nitrogen and oxygen atoms in total. The Kier molecular flexibility index (Phi) is 7.14. The third kappa shape index (κ3) is 4.81. The molecule has 0 radical (unpaired) electrons. The van der Waals surface area contributed by atoms with Crippen LogP contribution < -0.4 is 10.1 Å². The summed E-state index contributed by atoms with van der Waals surface area (Å²) in [5, 5.41) is 2.81. The van der Waals surface area contributed by atoms with Gasteiger partial charge in [0.15, 0.2) is 0 Å². The van der Waals surface area contributed by atoms with Crippen LogP contribution in [0.2, 0.25) is 0 Å². The molecule has 0 spiro atoms. The van der Waals surface area contributed by atoms with Crippen molar-refractivity contribution in [2.75, 3.05) is 5.32 Å². The van der Waals surface area contributed by atoms with E-state index in [1.165, 1.54) is 6.07 Å². The van der Waals surface area contributed by atoms with Gasteiger partial charge < -0.3 is 10.1 Å². The summed E-state index contributed by atoms with van der Waals surface area (Å²) in [5.74, 6) is 0.0407. The highest BCUT2D eigenvalue weighted by Gasteiger charge is 2.18. The minimum atomic E-state index is -2.62. The fraction of sp³-hybridized carbons (Fsp3) is 0.350. The second-order valence-electron chi connectivity index (χ2n) is 5.93. The quantitative estimate of drug-likeness (QED) is 0.574. The number of hydrogen-bond acceptors (Lipinski definition) is 2. The minimum Gasteiger partial charge on any atom is -0.488 e. The molecule has 0 fully saturated rings. The van der Waals surface area contributed by atoms with Crippen LogP contribution in [0.1, 0.15) is 48.9 Å². The average molecular weight is 426 g/mol. The number of rotatable bonds is 7. The molecule has 0 saturated heterocycles. The maximum atomic E-state index is 13.4. The number of ether oxygens (including phenoxy) is 1. The molecule has 0 bridgehead atoms. The average Bonchev–Trinajstić information content (AvgIpc) is 2.60. The zero-order valence-corrected chi connectivity index (χ0v) is 16.6. The lowest BCUT2D eigenvalue weighted by Gasteiger charge is -2.17. The molecule has 1 amide bonds. The van der Waals surface area contributed by atoms with E-state index in [2.05, 4.69) is 21.2 Å². The van der Waals surface area contributed by atoms with Gasteiger partial charge in [-0.1, -0.05) is 35.8 Å². The van der Waals surface area contributed by atoms with Gasteiger partial charge in [0.2, 0.25) is 5.91 Å². The Balaban J connectivity index is 2.32. The Bertz CT molecular complexity index is 794. The minimum absolute atomic E-state index is 0.0609. The Labute approximate surface area is 160 Å². The Morgan fingerprint density at radius 3 is 2.62 bits per heavy atom. The van der Waals surface area contributed by atoms with Gasteiger partial charge >= 0.3 is 0 Å². The summed E-state index contributed by atoms with van der Waals surface area (Å²) >= 11 is 3.44. The zero-order chi connectivity index (χ0) is 19.3. The molecule has 0 aliphatic rings. The van der Waals surface area contributed by atoms with Gasteiger partial charge in [0.05, 0.1) is 5.56 Å². The maximum absolute atomic E-state index is 13.4. The van der Waals surface area contributed by atoms with Crippen molar-refractivity contribution in [2.24, 2.45) is 0 Å². The summed E-state index contributed by atoms with van der Waals surface area (Å²) < 4.78 is 33.3. The first kappa shape index (κ1) is 20.4. The highest BCUT2D eigenvalue weighted by Crippen LogP contribution is 2.34. The van der Waals surface area contributed by atoms with Crippen LogP contribution >= 0.6 is 15.9 Å². The van der Waals surface area contributed by atoms with Gasteiger partial charge in [-0.15, -0.1) is 0 Å². The van der Waals surface area contributed by atoms with Crippen LogP contribution in [0.3, 0.4) is 0 Å². The smallest absolute Gasteiger partial charge is 0.267 e. The van der Waals surface area contributed by atoms with Crippen LogP contribution in [0, 0.1) is 6.92 Å². The summed E-state index contributed by atoms with van der Waals surface area (Å²) in [4.78, 5) is 11.7. The zero-order valence-electron chi connectivity index (χ0n) is 15.0. The third-order valence-corrected chi connectivity index (χ3v) is 4.91. The van der Waals surface area contributed by atoms with E-state index in [0.717, 1.165) is 15.6 Å². The highest BCUT2D eigenvalue weighted by atomic mass is 79.9. The van der Waals surface area contributed by atoms with E-state index in [-0.39, 0.29) is 23.8 Å². The van der Waals surface area contributed by atoms with Crippen molar-refractivity contribution in [3.63, 3.8) is 0 Å². The molecule has 0 saturated carbocycles. The number of nitrogens with one attached hydrogen (secondary N) is 1. The SMILES string of the molecule is CCC(=O)Nc1cccc(Br)c1COc1cc(C)c(CC)cc1C(F)F. The first-order valence-corrected chi connectivity index (χ1v) is 9.28. The summed E-state index contributed by atoms with van der Waals surface area (Å²) in [6.07, 6.45) is -1.59. The van der Waals surface area contributed by atoms with Crippen LogP contribution in [0.25, 0.3) is 0 Å². The Morgan fingerprint density at radius 1 is 1.27 bits per heavy atom. The number of hydrogen-bond donors (Lipinski definition) is 1. The number of halogens is 3. The molecule has 0 aliphatic heterocycles. The monoisotopic (exact) mass is 425 g/mol. The molecule has 0 heterocycles. The fourth-order valence-corrected chi connectivity index (χ4v) is 3.11. The van der Waals surface area contributed by atoms with Crippen LogP contribution in [-0.4, -0.2) is 5.91 Å². The van der Waals surface area contributed by atoms with Crippen LogP contribution in [0.15, 0.2) is 34.8 Å². The number of alkyl halides is 2. The van der Waals surface area contributed by atoms with Gasteiger partial charge in [-0.25, -0.2) is 8.78 Å². The Morgan fingerprint density at radius 2 is 2.00 bits per heavy atom. The summed E-state index contributed by atoms with van der Waals surface area (Å²) in [6, 6.07) is 8.54. The summed E-state index contributed by atoms with van der Waals surface area (Å²) in [6.45, 7) is 5.63. The standard InChI is InChI=1S/C20H22BrF2NO2/c1-4-13-10-14(20(22)23)18(9-12(13)3)26-11-15-16(21)7-6-8-17(15)24-19(25)5-2/h6-10,20H,4-5,11H2,1-3H3,(H,24,25). The van der Waals surface area contributed by atoms with Crippen molar-refractivity contribution in [1.29, 1.82) is 0 Å². The number of aryl methyl sites for hydroxylation is 2. The van der Waals surface area contributed by atoms with E-state index in [1.807, 2.05) is 19.9 Å². The molecule has 1 N–H and O–H groups in total. The van der Waals surface area contributed by atoms with Gasteiger partial charge in [0, 0.05) is 22.1 Å². The molecule has 2 rings (SSSR count). The van der Waals surface area contributed by atoms with E-state index >= 15 is 0 Å². The molecule has 6 heteroatoms. The van der Waals surface area contributed by atoms with Crippen LogP contribution in [0.4, 0.5) is 14.5 Å². The van der Waals surface area contributed by atoms with Crippen molar-refractivity contribution in [3.8, 4) is 5.75 Å². The van der Waals surface area contributed by atoms with Gasteiger partial charge in [-0.2, -0.15) is 0 Å². The predicted octanol–water partition coefficient (Wildman–Crippen LogP) is 6.19. The van der Waals surface area contributed by atoms with Crippen molar-refractivity contribution >= 4 is 27.5 Å². The van der Waals surface area contributed by atoms with Gasteiger partial charge in [0.25, 0.3) is 6.43 Å². The largest absolute Gasteiger partial charge is 0.488 e. The third-order valence-electron chi connectivity index (χ3n) is 4.17. The molecular weight excluding hydrogens is 404 g/mol. The normalized spacial score (nSPS) is 10.9. The van der Waals surface area contributed by atoms with Gasteiger partial charge in [-0.05, 0) is 48.7 Å². The number of carbonyl (C=O) groups is 1. The van der Waals surface area contributed by atoms with E-state index in [0.29, 0.717) is 24.1 Å². The molecular formula is C20H22BrF2NO2.